The summed E-state index contributed by atoms with van der Waals surface area (Å²) in [5, 5.41) is 0.986. The van der Waals surface area contributed by atoms with E-state index in [1.807, 2.05) is 35.0 Å². The van der Waals surface area contributed by atoms with Crippen molar-refractivity contribution >= 4 is 51.1 Å². The normalized spacial score (nSPS) is 10.4. The van der Waals surface area contributed by atoms with Crippen LogP contribution in [-0.2, 0) is 4.79 Å². The molecule has 3 aromatic rings. The first-order chi connectivity index (χ1) is 13.0. The average molecular weight is 466 g/mol. The van der Waals surface area contributed by atoms with Gasteiger partial charge in [0, 0.05) is 22.6 Å². The Kier molecular flexibility index (Phi) is 6.54. The molecular weight excluding hydrogens is 452 g/mol. The Morgan fingerprint density at radius 3 is 2.59 bits per heavy atom. The molecule has 1 aromatic heterocycles. The molecule has 0 atom stereocenters. The Morgan fingerprint density at radius 1 is 1.11 bits per heavy atom. The van der Waals surface area contributed by atoms with Gasteiger partial charge in [-0.2, -0.15) is 0 Å². The first kappa shape index (κ1) is 19.5. The fourth-order valence-corrected chi connectivity index (χ4v) is 3.46. The van der Waals surface area contributed by atoms with Gasteiger partial charge in [0.15, 0.2) is 5.16 Å². The van der Waals surface area contributed by atoms with Gasteiger partial charge >= 0.3 is 0 Å². The number of carbonyl (C=O) groups excluding carboxylic acids is 2. The highest BCUT2D eigenvalue weighted by Gasteiger charge is 2.12. The summed E-state index contributed by atoms with van der Waals surface area (Å²) in [6.07, 6.45) is 3.49. The van der Waals surface area contributed by atoms with Crippen LogP contribution in [0.2, 0.25) is 5.02 Å². The number of nitrogens with one attached hydrogen (secondary N) is 2. The van der Waals surface area contributed by atoms with E-state index in [-0.39, 0.29) is 17.2 Å². The Labute approximate surface area is 173 Å². The van der Waals surface area contributed by atoms with Crippen LogP contribution in [0.3, 0.4) is 0 Å². The smallest absolute Gasteiger partial charge is 0.271 e. The minimum absolute atomic E-state index is 0.0936. The van der Waals surface area contributed by atoms with Gasteiger partial charge in [0.05, 0.1) is 16.3 Å². The molecule has 0 aliphatic heterocycles. The van der Waals surface area contributed by atoms with Crippen LogP contribution < -0.4 is 10.9 Å². The van der Waals surface area contributed by atoms with Crippen molar-refractivity contribution in [3.05, 3.63) is 76.0 Å². The molecule has 0 bridgehead atoms. The van der Waals surface area contributed by atoms with E-state index >= 15 is 0 Å². The Morgan fingerprint density at radius 2 is 1.85 bits per heavy atom. The zero-order chi connectivity index (χ0) is 19.2. The van der Waals surface area contributed by atoms with Crippen LogP contribution in [0.15, 0.2) is 70.6 Å². The third-order valence-electron chi connectivity index (χ3n) is 3.48. The maximum absolute atomic E-state index is 12.0. The number of thioether (sulfide) groups is 1. The lowest BCUT2D eigenvalue weighted by Crippen LogP contribution is -2.42. The van der Waals surface area contributed by atoms with E-state index < -0.39 is 5.91 Å². The van der Waals surface area contributed by atoms with Crippen LogP contribution in [0.1, 0.15) is 10.4 Å². The number of benzene rings is 2. The molecule has 0 radical (unpaired) electrons. The van der Waals surface area contributed by atoms with E-state index in [1.54, 1.807) is 30.5 Å². The number of carbonyl (C=O) groups is 2. The second-order valence-corrected chi connectivity index (χ2v) is 7.59. The molecule has 0 spiro atoms. The third-order valence-corrected chi connectivity index (χ3v) is 5.30. The second-order valence-electron chi connectivity index (χ2n) is 5.33. The maximum Gasteiger partial charge on any atom is 0.271 e. The number of aromatic nitrogens is 2. The van der Waals surface area contributed by atoms with Crippen molar-refractivity contribution in [3.63, 3.8) is 0 Å². The maximum atomic E-state index is 12.0. The molecule has 0 aliphatic rings. The van der Waals surface area contributed by atoms with Crippen LogP contribution in [0.25, 0.3) is 5.69 Å². The first-order valence-electron chi connectivity index (χ1n) is 7.80. The van der Waals surface area contributed by atoms with Crippen LogP contribution in [0.4, 0.5) is 0 Å². The van der Waals surface area contributed by atoms with E-state index in [2.05, 4.69) is 31.8 Å². The lowest BCUT2D eigenvalue weighted by Gasteiger charge is -2.09. The summed E-state index contributed by atoms with van der Waals surface area (Å²) >= 11 is 10.6. The molecule has 6 nitrogen and oxygen atoms in total. The monoisotopic (exact) mass is 464 g/mol. The SMILES string of the molecule is O=C(CSc1nccn1-c1ccc(Br)cc1)NNC(=O)c1ccccc1Cl. The van der Waals surface area contributed by atoms with Gasteiger partial charge in [-0.3, -0.25) is 25.0 Å². The van der Waals surface area contributed by atoms with E-state index in [9.17, 15) is 9.59 Å². The molecule has 0 fully saturated rings. The van der Waals surface area contributed by atoms with E-state index in [4.69, 9.17) is 11.6 Å². The number of hydrogen-bond acceptors (Lipinski definition) is 4. The van der Waals surface area contributed by atoms with Crippen molar-refractivity contribution in [1.82, 2.24) is 20.4 Å². The van der Waals surface area contributed by atoms with Crippen LogP contribution in [-0.4, -0.2) is 27.1 Å². The largest absolute Gasteiger partial charge is 0.295 e. The highest BCUT2D eigenvalue weighted by molar-refractivity contribution is 9.10. The van der Waals surface area contributed by atoms with Gasteiger partial charge in [-0.1, -0.05) is 51.4 Å². The molecule has 2 N–H and O–H groups in total. The summed E-state index contributed by atoms with van der Waals surface area (Å²) in [4.78, 5) is 28.3. The predicted molar refractivity (Wildman–Crippen MR) is 109 cm³/mol. The average Bonchev–Trinajstić information content (AvgIpc) is 3.14. The minimum Gasteiger partial charge on any atom is -0.295 e. The summed E-state index contributed by atoms with van der Waals surface area (Å²) in [6, 6.07) is 14.4. The van der Waals surface area contributed by atoms with E-state index in [1.165, 1.54) is 11.8 Å². The Balaban J connectivity index is 1.54. The van der Waals surface area contributed by atoms with Crippen LogP contribution in [0.5, 0.6) is 0 Å². The van der Waals surface area contributed by atoms with Crippen molar-refractivity contribution < 1.29 is 9.59 Å². The summed E-state index contributed by atoms with van der Waals surface area (Å²) < 4.78 is 2.86. The number of hydrazine groups is 1. The quantitative estimate of drug-likeness (QED) is 0.443. The summed E-state index contributed by atoms with van der Waals surface area (Å²) in [5.74, 6) is -0.739. The molecule has 2 aromatic carbocycles. The van der Waals surface area contributed by atoms with Crippen molar-refractivity contribution in [2.24, 2.45) is 0 Å². The van der Waals surface area contributed by atoms with Crippen molar-refractivity contribution in [2.45, 2.75) is 5.16 Å². The number of halogens is 2. The number of nitrogens with zero attached hydrogens (tertiary/aromatic N) is 2. The van der Waals surface area contributed by atoms with E-state index in [0.29, 0.717) is 10.2 Å². The number of rotatable bonds is 5. The summed E-state index contributed by atoms with van der Waals surface area (Å²) in [7, 11) is 0. The molecule has 9 heteroatoms. The van der Waals surface area contributed by atoms with Crippen molar-refractivity contribution in [1.29, 1.82) is 0 Å². The standard InChI is InChI=1S/C18H14BrClN4O2S/c19-12-5-7-13(8-6-12)24-10-9-21-18(24)27-11-16(25)22-23-17(26)14-3-1-2-4-15(14)20/h1-10H,11H2,(H,22,25)(H,23,26). The predicted octanol–water partition coefficient (Wildman–Crippen LogP) is 3.84. The Bertz CT molecular complexity index is 962. The van der Waals surface area contributed by atoms with Gasteiger partial charge in [-0.05, 0) is 36.4 Å². The second kappa shape index (κ2) is 9.07. The van der Waals surface area contributed by atoms with Crippen molar-refractivity contribution in [3.8, 4) is 5.69 Å². The molecule has 2 amide bonds. The molecule has 138 valence electrons. The van der Waals surface area contributed by atoms with Crippen LogP contribution >= 0.6 is 39.3 Å². The van der Waals surface area contributed by atoms with Crippen molar-refractivity contribution in [2.75, 3.05) is 5.75 Å². The topological polar surface area (TPSA) is 76.0 Å². The molecule has 0 saturated carbocycles. The first-order valence-corrected chi connectivity index (χ1v) is 9.96. The zero-order valence-corrected chi connectivity index (χ0v) is 17.0. The minimum atomic E-state index is -0.477. The van der Waals surface area contributed by atoms with Gasteiger partial charge in [0.1, 0.15) is 0 Å². The number of hydrogen-bond donors (Lipinski definition) is 2. The third kappa shape index (κ3) is 5.12. The summed E-state index contributed by atoms with van der Waals surface area (Å²) in [6.45, 7) is 0. The zero-order valence-electron chi connectivity index (χ0n) is 13.9. The highest BCUT2D eigenvalue weighted by Crippen LogP contribution is 2.21. The highest BCUT2D eigenvalue weighted by atomic mass is 79.9. The lowest BCUT2D eigenvalue weighted by molar-refractivity contribution is -0.119. The van der Waals surface area contributed by atoms with Crippen LogP contribution in [0, 0.1) is 0 Å². The molecule has 3 rings (SSSR count). The lowest BCUT2D eigenvalue weighted by atomic mass is 10.2. The molecule has 27 heavy (non-hydrogen) atoms. The molecular formula is C18H14BrClN4O2S. The van der Waals surface area contributed by atoms with E-state index in [0.717, 1.165) is 10.2 Å². The van der Waals surface area contributed by atoms with Gasteiger partial charge in [-0.15, -0.1) is 0 Å². The molecule has 0 saturated heterocycles. The molecule has 0 aliphatic carbocycles. The van der Waals surface area contributed by atoms with Gasteiger partial charge in [0.25, 0.3) is 5.91 Å². The number of amides is 2. The molecule has 0 unspecified atom stereocenters. The summed E-state index contributed by atoms with van der Waals surface area (Å²) in [5.41, 5.74) is 5.96. The number of imidazole rings is 1. The Hall–Kier alpha value is -2.29. The van der Waals surface area contributed by atoms with Gasteiger partial charge in [0.2, 0.25) is 5.91 Å². The fraction of sp³-hybridized carbons (Fsp3) is 0.0556. The van der Waals surface area contributed by atoms with Gasteiger partial charge < -0.3 is 0 Å². The van der Waals surface area contributed by atoms with Gasteiger partial charge in [-0.25, -0.2) is 4.98 Å². The fourth-order valence-electron chi connectivity index (χ4n) is 2.20. The molecule has 1 heterocycles.